The Balaban J connectivity index is 0.000000128. The smallest absolute Gasteiger partial charge is 0.282 e. The zero-order chi connectivity index (χ0) is 65.2. The molecule has 0 amide bonds. The largest absolute Gasteiger partial charge is 0.489 e. The number of rotatable bonds is 16. The number of nitrogens with zero attached hydrogens (tertiary/aromatic N) is 5. The maximum Gasteiger partial charge on any atom is 0.282 e. The molecule has 7 N–H and O–H groups in total. The Morgan fingerprint density at radius 3 is 1.32 bits per heavy atom. The van der Waals surface area contributed by atoms with Gasteiger partial charge in [0.1, 0.15) is 12.4 Å². The normalized spacial score (nSPS) is 19.9. The number of fused-ring (bicyclic) bond motifs is 4. The number of morpholine rings is 1. The first-order valence-corrected chi connectivity index (χ1v) is 39.0. The van der Waals surface area contributed by atoms with Crippen LogP contribution < -0.4 is 14.6 Å². The van der Waals surface area contributed by atoms with Crippen molar-refractivity contribution < 1.29 is 39.5 Å². The average molecular weight is 1350 g/mol. The van der Waals surface area contributed by atoms with Gasteiger partial charge in [0, 0.05) is 170 Å². The highest BCUT2D eigenvalue weighted by Gasteiger charge is 2.35. The summed E-state index contributed by atoms with van der Waals surface area (Å²) in [6.07, 6.45) is 17.5. The molecule has 0 radical (unpaired) electrons. The van der Waals surface area contributed by atoms with Gasteiger partial charge >= 0.3 is 0 Å². The second-order valence-corrected chi connectivity index (χ2v) is 32.9. The van der Waals surface area contributed by atoms with E-state index < -0.39 is 40.0 Å². The number of piperidine rings is 4. The van der Waals surface area contributed by atoms with Crippen LogP contribution in [0.1, 0.15) is 103 Å². The van der Waals surface area contributed by atoms with E-state index in [1.807, 2.05) is 52.8 Å². The molecule has 93 heavy (non-hydrogen) atoms. The lowest BCUT2D eigenvalue weighted by atomic mass is 9.90. The van der Waals surface area contributed by atoms with Gasteiger partial charge in [-0.1, -0.05) is 84.9 Å². The van der Waals surface area contributed by atoms with E-state index in [1.165, 1.54) is 53.6 Å². The Morgan fingerprint density at radius 2 is 0.882 bits per heavy atom. The molecule has 500 valence electrons. The van der Waals surface area contributed by atoms with Crippen LogP contribution in [0, 0.1) is 0 Å². The SMILES string of the molecule is C=S(C)(=O)N1CCC(c2c[nH]c3cc(OCc4ccccc4)ccc23)CC1.C=S(N)(=O)N1CCC(c2c[nH]c3ccccc23)CC1.COCCNS(=O)(=O)N1CCC(c2c[nH]c3ccccc23)CC1.O=S(=O)(N1CCOCC1)N1CCC(c2c[nH]c3ccccc23)CC1. The zero-order valence-electron chi connectivity index (χ0n) is 53.5. The molecule has 0 spiro atoms. The highest BCUT2D eigenvalue weighted by molar-refractivity contribution is 7.97. The third kappa shape index (κ3) is 16.8. The van der Waals surface area contributed by atoms with E-state index in [-0.39, 0.29) is 0 Å². The highest BCUT2D eigenvalue weighted by atomic mass is 32.2. The fourth-order valence-electron chi connectivity index (χ4n) is 13.7. The van der Waals surface area contributed by atoms with E-state index in [0.29, 0.717) is 95.9 Å². The maximum absolute atomic E-state index is 12.7. The molecule has 2 atom stereocenters. The summed E-state index contributed by atoms with van der Waals surface area (Å²) < 4.78 is 101. The van der Waals surface area contributed by atoms with Crippen LogP contribution in [0.3, 0.4) is 0 Å². The van der Waals surface area contributed by atoms with Gasteiger partial charge in [0.2, 0.25) is 0 Å². The molecule has 5 aliphatic rings. The fraction of sp³-hybridized carbons (Fsp3) is 0.420. The van der Waals surface area contributed by atoms with E-state index in [1.54, 1.807) is 26.3 Å². The summed E-state index contributed by atoms with van der Waals surface area (Å²) in [4.78, 5) is 13.4. The van der Waals surface area contributed by atoms with Crippen LogP contribution in [0.15, 0.2) is 146 Å². The summed E-state index contributed by atoms with van der Waals surface area (Å²) >= 11 is 0. The summed E-state index contributed by atoms with van der Waals surface area (Å²) in [7, 11) is -9.80. The molecule has 0 bridgehead atoms. The number of aromatic amines is 4. The van der Waals surface area contributed by atoms with Gasteiger partial charge in [-0.2, -0.15) is 34.5 Å². The predicted octanol–water partition coefficient (Wildman–Crippen LogP) is 9.79. The van der Waals surface area contributed by atoms with E-state index in [4.69, 9.17) is 19.3 Å². The van der Waals surface area contributed by atoms with Crippen LogP contribution in [0.4, 0.5) is 0 Å². The summed E-state index contributed by atoms with van der Waals surface area (Å²) in [5.74, 6) is 10.1. The maximum atomic E-state index is 12.7. The standard InChI is InChI=1S/C22H26N2O2S.C17H23N3O3S.C16H23N3O3S.C14H19N3OS/c1-27(2,25)24-12-10-18(11-13-24)21-15-23-22-14-19(8-9-20(21)22)26-16-17-6-4-3-5-7-17;21-24(22,20-9-11-23-12-10-20)19-7-5-14(6-8-19)16-13-18-17-4-2-1-3-15(16)17;1-22-11-8-18-23(20,21)19-9-6-13(7-10-19)15-12-17-16-5-3-2-4-14(15)16;1-19(15,18)17-8-6-11(7-9-17)13-10-16-14-5-3-2-4-12(13)14/h3-9,14-15,18,23H,1,10-13,16H2,2H3;1-4,13-14,18H,5-12H2;2-5,12-13,17-18H,6-11H2,1H3;2-5,10-11,16H,1,6-9H2,(H2,15,18). The van der Waals surface area contributed by atoms with Gasteiger partial charge in [0.25, 0.3) is 20.4 Å². The van der Waals surface area contributed by atoms with Crippen LogP contribution in [0.5, 0.6) is 5.75 Å². The lowest BCUT2D eigenvalue weighted by molar-refractivity contribution is 0.0696. The van der Waals surface area contributed by atoms with Gasteiger partial charge in [-0.15, -0.1) is 0 Å². The molecule has 2 unspecified atom stereocenters. The molecule has 5 fully saturated rings. The van der Waals surface area contributed by atoms with Crippen LogP contribution in [-0.2, 0) is 56.1 Å². The van der Waals surface area contributed by atoms with E-state index in [2.05, 4.69) is 134 Å². The van der Waals surface area contributed by atoms with Gasteiger partial charge in [-0.3, -0.25) is 4.21 Å². The number of methoxy groups -OCH3 is 1. The van der Waals surface area contributed by atoms with Gasteiger partial charge < -0.3 is 34.1 Å². The second-order valence-electron chi connectivity index (χ2n) is 24.9. The number of H-pyrrole nitrogens is 4. The van der Waals surface area contributed by atoms with Crippen molar-refractivity contribution in [2.45, 2.75) is 81.6 Å². The number of para-hydroxylation sites is 3. The van der Waals surface area contributed by atoms with Crippen molar-refractivity contribution in [2.24, 2.45) is 5.14 Å². The minimum Gasteiger partial charge on any atom is -0.489 e. The first kappa shape index (κ1) is 68.0. The number of nitrogens with one attached hydrogen (secondary N) is 5. The van der Waals surface area contributed by atoms with Crippen molar-refractivity contribution in [1.29, 1.82) is 0 Å². The lowest BCUT2D eigenvalue weighted by Crippen LogP contribution is -2.50. The summed E-state index contributed by atoms with van der Waals surface area (Å²) in [5, 5.41) is 10.7. The Hall–Kier alpha value is -6.36. The van der Waals surface area contributed by atoms with Gasteiger partial charge in [-0.25, -0.2) is 18.0 Å². The van der Waals surface area contributed by atoms with Crippen molar-refractivity contribution in [1.82, 2.24) is 46.2 Å². The molecule has 0 aliphatic carbocycles. The third-order valence-corrected chi connectivity index (χ3v) is 25.3. The second kappa shape index (κ2) is 30.6. The molecule has 9 heterocycles. The molecular formula is C69H91N11O9S4. The summed E-state index contributed by atoms with van der Waals surface area (Å²) in [6.45, 7) is 8.62. The average Bonchev–Trinajstić information content (AvgIpc) is 2.06. The number of hydrogen-bond acceptors (Lipinski definition) is 9. The van der Waals surface area contributed by atoms with Crippen LogP contribution >= 0.6 is 0 Å². The first-order valence-electron chi connectivity index (χ1n) is 32.3. The first-order chi connectivity index (χ1) is 44.8. The van der Waals surface area contributed by atoms with Crippen molar-refractivity contribution in [3.8, 4) is 5.75 Å². The quantitative estimate of drug-likeness (QED) is 0.0397. The number of nitrogens with two attached hydrogens (primary N) is 1. The minimum absolute atomic E-state index is 0.307. The molecule has 5 aliphatic heterocycles. The van der Waals surface area contributed by atoms with Gasteiger partial charge in [0.15, 0.2) is 0 Å². The van der Waals surface area contributed by atoms with Gasteiger partial charge in [-0.05, 0) is 145 Å². The Bertz CT molecular complexity index is 4360. The zero-order valence-corrected chi connectivity index (χ0v) is 56.7. The number of benzene rings is 5. The number of ether oxygens (including phenoxy) is 3. The minimum atomic E-state index is -3.39. The van der Waals surface area contributed by atoms with Gasteiger partial charge in [0.05, 0.1) is 29.7 Å². The van der Waals surface area contributed by atoms with Crippen molar-refractivity contribution in [3.63, 3.8) is 0 Å². The molecule has 5 aromatic carbocycles. The molecule has 0 saturated carbocycles. The lowest BCUT2D eigenvalue weighted by Gasteiger charge is -2.36. The number of hydrogen-bond donors (Lipinski definition) is 6. The molecule has 4 aromatic heterocycles. The third-order valence-electron chi connectivity index (χ3n) is 18.9. The Labute approximate surface area is 549 Å². The highest BCUT2D eigenvalue weighted by Crippen LogP contribution is 2.38. The summed E-state index contributed by atoms with van der Waals surface area (Å²) in [6, 6.07) is 41.4. The predicted molar refractivity (Wildman–Crippen MR) is 379 cm³/mol. The molecule has 9 aromatic rings. The molecule has 14 rings (SSSR count). The van der Waals surface area contributed by atoms with E-state index in [0.717, 1.165) is 105 Å². The van der Waals surface area contributed by atoms with Crippen molar-refractivity contribution in [3.05, 3.63) is 174 Å². The Kier molecular flexibility index (Phi) is 22.4. The molecule has 5 saturated heterocycles. The monoisotopic (exact) mass is 1350 g/mol. The van der Waals surface area contributed by atoms with Crippen molar-refractivity contribution >= 4 is 95.4 Å². The Morgan fingerprint density at radius 1 is 0.495 bits per heavy atom. The van der Waals surface area contributed by atoms with Crippen LogP contribution in [0.25, 0.3) is 43.6 Å². The van der Waals surface area contributed by atoms with E-state index in [9.17, 15) is 25.3 Å². The topological polar surface area (TPSA) is 248 Å². The van der Waals surface area contributed by atoms with Crippen LogP contribution in [0.2, 0.25) is 0 Å². The van der Waals surface area contributed by atoms with E-state index >= 15 is 0 Å². The fourth-order valence-corrected chi connectivity index (χ4v) is 18.4. The summed E-state index contributed by atoms with van der Waals surface area (Å²) in [5.41, 5.74) is 11.1. The molecular weight excluding hydrogens is 1260 g/mol. The van der Waals surface area contributed by atoms with Crippen LogP contribution in [-0.4, -0.2) is 184 Å². The molecule has 24 heteroatoms. The van der Waals surface area contributed by atoms with Crippen molar-refractivity contribution in [2.75, 3.05) is 105 Å². The molecule has 20 nitrogen and oxygen atoms in total. The number of aromatic nitrogens is 4.